The van der Waals surface area contributed by atoms with E-state index in [2.05, 4.69) is 6.92 Å². The minimum Gasteiger partial charge on any atom is -0.497 e. The van der Waals surface area contributed by atoms with E-state index in [-0.39, 0.29) is 18.4 Å². The normalized spacial score (nSPS) is 20.0. The van der Waals surface area contributed by atoms with Gasteiger partial charge in [-0.3, -0.25) is 14.5 Å². The van der Waals surface area contributed by atoms with Crippen molar-refractivity contribution in [3.05, 3.63) is 83.4 Å². The molecular formula is C33H38N2O6. The zero-order valence-electron chi connectivity index (χ0n) is 23.9. The van der Waals surface area contributed by atoms with Gasteiger partial charge in [0.1, 0.15) is 19.0 Å². The molecule has 3 aromatic carbocycles. The molecule has 0 bridgehead atoms. The third kappa shape index (κ3) is 6.17. The summed E-state index contributed by atoms with van der Waals surface area (Å²) in [5.74, 6) is -0.105. The molecule has 1 saturated heterocycles. The van der Waals surface area contributed by atoms with Crippen LogP contribution in [0, 0.1) is 12.8 Å². The SMILES string of the molecule is CCCCN(C(=O)CN1CC(c2ccc3c(c2)OCCO3)C(C(=O)O)C1c1ccc(OC)cc1)c1cccc(C)c1. The summed E-state index contributed by atoms with van der Waals surface area (Å²) in [5.41, 5.74) is 3.64. The number of rotatable bonds is 10. The minimum absolute atomic E-state index is 0.0467. The van der Waals surface area contributed by atoms with Gasteiger partial charge in [0.15, 0.2) is 11.5 Å². The Morgan fingerprint density at radius 1 is 1.00 bits per heavy atom. The van der Waals surface area contributed by atoms with E-state index in [1.807, 2.05) is 83.5 Å². The molecule has 5 rings (SSSR count). The molecular weight excluding hydrogens is 520 g/mol. The van der Waals surface area contributed by atoms with Crippen molar-refractivity contribution in [1.29, 1.82) is 0 Å². The average Bonchev–Trinajstić information content (AvgIpc) is 3.36. The van der Waals surface area contributed by atoms with Crippen molar-refractivity contribution in [3.8, 4) is 17.2 Å². The van der Waals surface area contributed by atoms with Gasteiger partial charge in [-0.05, 0) is 66.4 Å². The van der Waals surface area contributed by atoms with E-state index >= 15 is 0 Å². The second-order valence-corrected chi connectivity index (χ2v) is 10.8. The van der Waals surface area contributed by atoms with Crippen LogP contribution in [0.2, 0.25) is 0 Å². The highest BCUT2D eigenvalue weighted by atomic mass is 16.6. The first-order valence-electron chi connectivity index (χ1n) is 14.3. The molecule has 2 heterocycles. The van der Waals surface area contributed by atoms with Crippen molar-refractivity contribution in [2.75, 3.05) is 44.9 Å². The van der Waals surface area contributed by atoms with Crippen molar-refractivity contribution in [3.63, 3.8) is 0 Å². The quantitative estimate of drug-likeness (QED) is 0.354. The van der Waals surface area contributed by atoms with E-state index in [9.17, 15) is 14.7 Å². The maximum Gasteiger partial charge on any atom is 0.309 e. The smallest absolute Gasteiger partial charge is 0.309 e. The number of carboxylic acid groups (broad SMARTS) is 1. The van der Waals surface area contributed by atoms with E-state index in [0.717, 1.165) is 35.2 Å². The van der Waals surface area contributed by atoms with E-state index in [1.165, 1.54) is 0 Å². The lowest BCUT2D eigenvalue weighted by atomic mass is 9.82. The van der Waals surface area contributed by atoms with E-state index in [0.29, 0.717) is 43.6 Å². The molecule has 216 valence electrons. The van der Waals surface area contributed by atoms with E-state index < -0.39 is 17.9 Å². The van der Waals surface area contributed by atoms with Crippen LogP contribution in [0.15, 0.2) is 66.7 Å². The summed E-state index contributed by atoms with van der Waals surface area (Å²) in [6, 6.07) is 20.6. The fourth-order valence-corrected chi connectivity index (χ4v) is 5.99. The number of carboxylic acids is 1. The second-order valence-electron chi connectivity index (χ2n) is 10.8. The molecule has 8 nitrogen and oxygen atoms in total. The van der Waals surface area contributed by atoms with Crippen LogP contribution in [0.1, 0.15) is 48.4 Å². The number of fused-ring (bicyclic) bond motifs is 1. The zero-order chi connectivity index (χ0) is 28.9. The Kier molecular flexibility index (Phi) is 8.78. The van der Waals surface area contributed by atoms with Gasteiger partial charge in [-0.2, -0.15) is 0 Å². The predicted molar refractivity (Wildman–Crippen MR) is 157 cm³/mol. The van der Waals surface area contributed by atoms with Crippen molar-refractivity contribution in [2.24, 2.45) is 5.92 Å². The molecule has 8 heteroatoms. The van der Waals surface area contributed by atoms with Crippen LogP contribution >= 0.6 is 0 Å². The van der Waals surface area contributed by atoms with Crippen LogP contribution < -0.4 is 19.1 Å². The van der Waals surface area contributed by atoms with Crippen LogP contribution in [0.4, 0.5) is 5.69 Å². The molecule has 2 aliphatic rings. The molecule has 0 aromatic heterocycles. The molecule has 0 spiro atoms. The molecule has 1 N–H and O–H groups in total. The topological polar surface area (TPSA) is 88.5 Å². The molecule has 3 atom stereocenters. The fraction of sp³-hybridized carbons (Fsp3) is 0.394. The Balaban J connectivity index is 1.51. The second kappa shape index (κ2) is 12.6. The maximum absolute atomic E-state index is 14.0. The molecule has 0 aliphatic carbocycles. The highest BCUT2D eigenvalue weighted by Gasteiger charge is 2.48. The summed E-state index contributed by atoms with van der Waals surface area (Å²) in [7, 11) is 1.60. The van der Waals surface area contributed by atoms with Crippen molar-refractivity contribution in [1.82, 2.24) is 4.90 Å². The lowest BCUT2D eigenvalue weighted by Gasteiger charge is -2.30. The van der Waals surface area contributed by atoms with Crippen molar-refractivity contribution in [2.45, 2.75) is 38.6 Å². The molecule has 2 aliphatic heterocycles. The summed E-state index contributed by atoms with van der Waals surface area (Å²) in [5, 5.41) is 10.6. The Morgan fingerprint density at radius 3 is 2.41 bits per heavy atom. The Bertz CT molecular complexity index is 1370. The van der Waals surface area contributed by atoms with Crippen LogP contribution in [0.5, 0.6) is 17.2 Å². The monoisotopic (exact) mass is 558 g/mol. The Labute approximate surface area is 241 Å². The number of anilines is 1. The number of ether oxygens (including phenoxy) is 3. The van der Waals surface area contributed by atoms with Crippen LogP contribution in [-0.2, 0) is 9.59 Å². The number of unbranched alkanes of at least 4 members (excludes halogenated alkanes) is 1. The largest absolute Gasteiger partial charge is 0.497 e. The number of carbonyl (C=O) groups is 2. The van der Waals surface area contributed by atoms with Gasteiger partial charge < -0.3 is 24.2 Å². The third-order valence-corrected chi connectivity index (χ3v) is 8.02. The summed E-state index contributed by atoms with van der Waals surface area (Å²) in [4.78, 5) is 30.8. The number of carbonyl (C=O) groups excluding carboxylic acids is 1. The number of likely N-dealkylation sites (tertiary alicyclic amines) is 1. The van der Waals surface area contributed by atoms with Gasteiger partial charge >= 0.3 is 5.97 Å². The molecule has 3 unspecified atom stereocenters. The number of hydrogen-bond donors (Lipinski definition) is 1. The van der Waals surface area contributed by atoms with Crippen molar-refractivity contribution >= 4 is 17.6 Å². The molecule has 1 fully saturated rings. The Hall–Kier alpha value is -4.04. The van der Waals surface area contributed by atoms with Crippen LogP contribution in [0.3, 0.4) is 0 Å². The van der Waals surface area contributed by atoms with Gasteiger partial charge in [0.2, 0.25) is 5.91 Å². The zero-order valence-corrected chi connectivity index (χ0v) is 23.9. The lowest BCUT2D eigenvalue weighted by molar-refractivity contribution is -0.143. The lowest BCUT2D eigenvalue weighted by Crippen LogP contribution is -2.41. The van der Waals surface area contributed by atoms with Gasteiger partial charge in [0.05, 0.1) is 19.6 Å². The third-order valence-electron chi connectivity index (χ3n) is 8.02. The molecule has 1 amide bonds. The highest BCUT2D eigenvalue weighted by Crippen LogP contribution is 2.47. The first-order valence-corrected chi connectivity index (χ1v) is 14.3. The minimum atomic E-state index is -0.901. The number of nitrogens with zero attached hydrogens (tertiary/aromatic N) is 2. The molecule has 0 radical (unpaired) electrons. The number of amides is 1. The molecule has 0 saturated carbocycles. The average molecular weight is 559 g/mol. The van der Waals surface area contributed by atoms with Gasteiger partial charge in [0.25, 0.3) is 0 Å². The highest BCUT2D eigenvalue weighted by molar-refractivity contribution is 5.95. The van der Waals surface area contributed by atoms with Crippen molar-refractivity contribution < 1.29 is 28.9 Å². The van der Waals surface area contributed by atoms with Crippen LogP contribution in [-0.4, -0.2) is 61.8 Å². The fourth-order valence-electron chi connectivity index (χ4n) is 5.99. The summed E-state index contributed by atoms with van der Waals surface area (Å²) in [6.07, 6.45) is 1.83. The number of methoxy groups -OCH3 is 1. The van der Waals surface area contributed by atoms with Gasteiger partial charge in [-0.25, -0.2) is 0 Å². The van der Waals surface area contributed by atoms with Gasteiger partial charge in [-0.15, -0.1) is 0 Å². The maximum atomic E-state index is 14.0. The van der Waals surface area contributed by atoms with Gasteiger partial charge in [-0.1, -0.05) is 43.7 Å². The van der Waals surface area contributed by atoms with E-state index in [4.69, 9.17) is 14.2 Å². The predicted octanol–water partition coefficient (Wildman–Crippen LogP) is 5.45. The van der Waals surface area contributed by atoms with E-state index in [1.54, 1.807) is 7.11 Å². The number of aryl methyl sites for hydroxylation is 1. The Morgan fingerprint density at radius 2 is 1.73 bits per heavy atom. The first kappa shape index (κ1) is 28.5. The van der Waals surface area contributed by atoms with Gasteiger partial charge in [0, 0.05) is 30.7 Å². The summed E-state index contributed by atoms with van der Waals surface area (Å²) >= 11 is 0. The summed E-state index contributed by atoms with van der Waals surface area (Å²) in [6.45, 7) is 6.17. The first-order chi connectivity index (χ1) is 19.9. The number of benzene rings is 3. The molecule has 3 aromatic rings. The van der Waals surface area contributed by atoms with Crippen LogP contribution in [0.25, 0.3) is 0 Å². The summed E-state index contributed by atoms with van der Waals surface area (Å²) < 4.78 is 16.9. The number of aliphatic carboxylic acids is 1. The molecule has 41 heavy (non-hydrogen) atoms. The number of hydrogen-bond acceptors (Lipinski definition) is 6. The standard InChI is InChI=1S/C33H38N2O6/c1-4-5-15-35(25-8-6-7-22(2)18-25)30(36)21-34-20-27(24-11-14-28-29(19-24)41-17-16-40-28)31(33(37)38)32(34)23-9-12-26(39-3)13-10-23/h6-14,18-19,27,31-32H,4-5,15-17,20-21H2,1-3H3,(H,37,38).